The zero-order chi connectivity index (χ0) is 14.7. The van der Waals surface area contributed by atoms with E-state index in [2.05, 4.69) is 10.3 Å². The number of nitrogens with zero attached hydrogens (tertiary/aromatic N) is 3. The van der Waals surface area contributed by atoms with Gasteiger partial charge in [0, 0.05) is 10.6 Å². The standard InChI is InChI=1S/C16H14ClN3O/c17-14-8-6-12(7-9-14)15-10-20(19-18-15)16(11-21)13-4-2-1-3-5-13/h1-10,16,21H,11H2/t16-/m1/s1. The summed E-state index contributed by atoms with van der Waals surface area (Å²) in [6.07, 6.45) is 1.83. The normalized spacial score (nSPS) is 12.3. The third-order valence-corrected chi connectivity index (χ3v) is 3.58. The van der Waals surface area contributed by atoms with Crippen LogP contribution in [-0.4, -0.2) is 26.7 Å². The SMILES string of the molecule is OC[C@H](c1ccccc1)n1cc(-c2ccc(Cl)cc2)nn1. The quantitative estimate of drug-likeness (QED) is 0.805. The number of benzene rings is 2. The van der Waals surface area contributed by atoms with Crippen LogP contribution in [0.2, 0.25) is 5.02 Å². The lowest BCUT2D eigenvalue weighted by Crippen LogP contribution is -2.15. The second kappa shape index (κ2) is 6.08. The van der Waals surface area contributed by atoms with E-state index in [0.29, 0.717) is 5.02 Å². The lowest BCUT2D eigenvalue weighted by molar-refractivity contribution is 0.239. The Balaban J connectivity index is 1.92. The number of halogens is 1. The predicted molar refractivity (Wildman–Crippen MR) is 82.1 cm³/mol. The molecule has 0 amide bonds. The fraction of sp³-hybridized carbons (Fsp3) is 0.125. The summed E-state index contributed by atoms with van der Waals surface area (Å²) in [6, 6.07) is 16.9. The molecule has 1 N–H and O–H groups in total. The molecule has 2 aromatic carbocycles. The largest absolute Gasteiger partial charge is 0.394 e. The molecule has 106 valence electrons. The zero-order valence-electron chi connectivity index (χ0n) is 11.2. The highest BCUT2D eigenvalue weighted by Crippen LogP contribution is 2.22. The average molecular weight is 300 g/mol. The maximum atomic E-state index is 9.64. The summed E-state index contributed by atoms with van der Waals surface area (Å²) in [5.41, 5.74) is 2.68. The Labute approximate surface area is 127 Å². The highest BCUT2D eigenvalue weighted by Gasteiger charge is 2.15. The minimum atomic E-state index is -0.236. The molecule has 1 atom stereocenters. The van der Waals surface area contributed by atoms with Crippen molar-refractivity contribution >= 4 is 11.6 Å². The minimum absolute atomic E-state index is 0.0343. The highest BCUT2D eigenvalue weighted by atomic mass is 35.5. The van der Waals surface area contributed by atoms with Gasteiger partial charge in [-0.2, -0.15) is 0 Å². The minimum Gasteiger partial charge on any atom is -0.394 e. The fourth-order valence-electron chi connectivity index (χ4n) is 2.20. The van der Waals surface area contributed by atoms with Crippen molar-refractivity contribution < 1.29 is 5.11 Å². The van der Waals surface area contributed by atoms with E-state index in [4.69, 9.17) is 11.6 Å². The van der Waals surface area contributed by atoms with Gasteiger partial charge in [0.25, 0.3) is 0 Å². The van der Waals surface area contributed by atoms with Crippen molar-refractivity contribution in [3.63, 3.8) is 0 Å². The van der Waals surface area contributed by atoms with E-state index in [1.807, 2.05) is 60.8 Å². The Morgan fingerprint density at radius 1 is 1.05 bits per heavy atom. The summed E-state index contributed by atoms with van der Waals surface area (Å²) < 4.78 is 1.68. The summed E-state index contributed by atoms with van der Waals surface area (Å²) in [6.45, 7) is -0.0343. The van der Waals surface area contributed by atoms with E-state index in [-0.39, 0.29) is 12.6 Å². The predicted octanol–water partition coefficient (Wildman–Crippen LogP) is 3.18. The molecule has 0 radical (unpaired) electrons. The smallest absolute Gasteiger partial charge is 0.113 e. The molecular formula is C16H14ClN3O. The van der Waals surface area contributed by atoms with Crippen LogP contribution in [0.5, 0.6) is 0 Å². The molecule has 0 aliphatic heterocycles. The number of aliphatic hydroxyl groups excluding tert-OH is 1. The Morgan fingerprint density at radius 3 is 2.43 bits per heavy atom. The van der Waals surface area contributed by atoms with Crippen molar-refractivity contribution in [2.75, 3.05) is 6.61 Å². The maximum Gasteiger partial charge on any atom is 0.113 e. The van der Waals surface area contributed by atoms with E-state index in [1.54, 1.807) is 4.68 Å². The van der Waals surface area contributed by atoms with E-state index in [1.165, 1.54) is 0 Å². The van der Waals surface area contributed by atoms with Gasteiger partial charge >= 0.3 is 0 Å². The number of aromatic nitrogens is 3. The molecule has 5 heteroatoms. The van der Waals surface area contributed by atoms with Gasteiger partial charge in [-0.05, 0) is 17.7 Å². The van der Waals surface area contributed by atoms with Crippen molar-refractivity contribution in [3.05, 3.63) is 71.4 Å². The van der Waals surface area contributed by atoms with Crippen molar-refractivity contribution in [3.8, 4) is 11.3 Å². The van der Waals surface area contributed by atoms with E-state index in [0.717, 1.165) is 16.8 Å². The lowest BCUT2D eigenvalue weighted by Gasteiger charge is -2.13. The van der Waals surface area contributed by atoms with Crippen LogP contribution in [0.4, 0.5) is 0 Å². The van der Waals surface area contributed by atoms with Crippen LogP contribution in [0.15, 0.2) is 60.8 Å². The molecule has 1 aromatic heterocycles. The summed E-state index contributed by atoms with van der Waals surface area (Å²) >= 11 is 5.88. The van der Waals surface area contributed by atoms with Crippen LogP contribution in [0.3, 0.4) is 0 Å². The summed E-state index contributed by atoms with van der Waals surface area (Å²) in [5, 5.41) is 18.6. The molecule has 1 heterocycles. The van der Waals surface area contributed by atoms with E-state index < -0.39 is 0 Å². The van der Waals surface area contributed by atoms with Crippen LogP contribution >= 0.6 is 11.6 Å². The van der Waals surface area contributed by atoms with Gasteiger partial charge in [-0.1, -0.05) is 59.3 Å². The Bertz CT molecular complexity index is 710. The Hall–Kier alpha value is -2.17. The topological polar surface area (TPSA) is 50.9 Å². The molecule has 0 bridgehead atoms. The van der Waals surface area contributed by atoms with Gasteiger partial charge in [0.2, 0.25) is 0 Å². The second-order valence-corrected chi connectivity index (χ2v) is 5.14. The first-order valence-electron chi connectivity index (χ1n) is 6.61. The fourth-order valence-corrected chi connectivity index (χ4v) is 2.32. The molecule has 0 fully saturated rings. The van der Waals surface area contributed by atoms with Gasteiger partial charge in [-0.15, -0.1) is 5.10 Å². The summed E-state index contributed by atoms with van der Waals surface area (Å²) in [5.74, 6) is 0. The molecule has 0 spiro atoms. The third-order valence-electron chi connectivity index (χ3n) is 3.33. The van der Waals surface area contributed by atoms with Gasteiger partial charge in [0.1, 0.15) is 11.7 Å². The van der Waals surface area contributed by atoms with Crippen molar-refractivity contribution in [2.24, 2.45) is 0 Å². The van der Waals surface area contributed by atoms with Crippen LogP contribution < -0.4 is 0 Å². The van der Waals surface area contributed by atoms with Crippen molar-refractivity contribution in [1.82, 2.24) is 15.0 Å². The molecule has 21 heavy (non-hydrogen) atoms. The Morgan fingerprint density at radius 2 is 1.76 bits per heavy atom. The third kappa shape index (κ3) is 2.96. The molecule has 0 unspecified atom stereocenters. The zero-order valence-corrected chi connectivity index (χ0v) is 12.0. The first kappa shape index (κ1) is 13.8. The second-order valence-electron chi connectivity index (χ2n) is 4.70. The molecular weight excluding hydrogens is 286 g/mol. The van der Waals surface area contributed by atoms with Crippen molar-refractivity contribution in [2.45, 2.75) is 6.04 Å². The number of hydrogen-bond acceptors (Lipinski definition) is 3. The summed E-state index contributed by atoms with van der Waals surface area (Å²) in [7, 11) is 0. The lowest BCUT2D eigenvalue weighted by atomic mass is 10.1. The molecule has 0 saturated heterocycles. The first-order chi connectivity index (χ1) is 10.3. The van der Waals surface area contributed by atoms with E-state index >= 15 is 0 Å². The van der Waals surface area contributed by atoms with Crippen LogP contribution in [0.1, 0.15) is 11.6 Å². The van der Waals surface area contributed by atoms with Crippen LogP contribution in [0, 0.1) is 0 Å². The average Bonchev–Trinajstić information content (AvgIpc) is 2.99. The van der Waals surface area contributed by atoms with Crippen molar-refractivity contribution in [1.29, 1.82) is 0 Å². The molecule has 3 aromatic rings. The Kier molecular flexibility index (Phi) is 3.99. The molecule has 3 rings (SSSR count). The van der Waals surface area contributed by atoms with Gasteiger partial charge < -0.3 is 5.11 Å². The number of aliphatic hydroxyl groups is 1. The molecule has 4 nitrogen and oxygen atoms in total. The summed E-state index contributed by atoms with van der Waals surface area (Å²) in [4.78, 5) is 0. The van der Waals surface area contributed by atoms with E-state index in [9.17, 15) is 5.11 Å². The number of hydrogen-bond donors (Lipinski definition) is 1. The number of rotatable bonds is 4. The highest BCUT2D eigenvalue weighted by molar-refractivity contribution is 6.30. The van der Waals surface area contributed by atoms with Gasteiger partial charge in [0.15, 0.2) is 0 Å². The maximum absolute atomic E-state index is 9.64. The van der Waals surface area contributed by atoms with Gasteiger partial charge in [0.05, 0.1) is 12.8 Å². The van der Waals surface area contributed by atoms with Gasteiger partial charge in [-0.25, -0.2) is 4.68 Å². The van der Waals surface area contributed by atoms with Gasteiger partial charge in [-0.3, -0.25) is 0 Å². The van der Waals surface area contributed by atoms with Crippen LogP contribution in [-0.2, 0) is 0 Å². The molecule has 0 aliphatic carbocycles. The monoisotopic (exact) mass is 299 g/mol. The first-order valence-corrected chi connectivity index (χ1v) is 6.99. The molecule has 0 aliphatic rings. The molecule has 0 saturated carbocycles. The van der Waals surface area contributed by atoms with Crippen LogP contribution in [0.25, 0.3) is 11.3 Å².